The van der Waals surface area contributed by atoms with E-state index in [-0.39, 0.29) is 12.0 Å². The molecule has 0 aliphatic heterocycles. The lowest BCUT2D eigenvalue weighted by atomic mass is 10.0. The number of aromatic amines is 1. The molecule has 140 valence electrons. The van der Waals surface area contributed by atoms with Crippen LogP contribution in [-0.2, 0) is 16.0 Å². The van der Waals surface area contributed by atoms with Crippen molar-refractivity contribution < 1.29 is 18.7 Å². The van der Waals surface area contributed by atoms with Crippen molar-refractivity contribution in [2.75, 3.05) is 0 Å². The number of aromatic nitrogens is 1. The summed E-state index contributed by atoms with van der Waals surface area (Å²) in [7, 11) is 0. The topological polar surface area (TPSA) is 114 Å². The lowest BCUT2D eigenvalue weighted by molar-refractivity contribution is -0.120. The van der Waals surface area contributed by atoms with Crippen LogP contribution in [0.5, 0.6) is 0 Å². The zero-order valence-corrected chi connectivity index (χ0v) is 15.1. The van der Waals surface area contributed by atoms with Crippen molar-refractivity contribution in [1.82, 2.24) is 10.3 Å². The Balaban J connectivity index is 2.29. The molecule has 2 aromatic rings. The number of rotatable bonds is 4. The highest BCUT2D eigenvalue weighted by Crippen LogP contribution is 2.17. The van der Waals surface area contributed by atoms with Crippen LogP contribution in [0.3, 0.4) is 0 Å². The van der Waals surface area contributed by atoms with Crippen molar-refractivity contribution in [2.24, 2.45) is 5.73 Å². The number of fused-ring (bicyclic) bond motifs is 1. The first-order valence-electron chi connectivity index (χ1n) is 8.07. The van der Waals surface area contributed by atoms with Crippen LogP contribution < -0.4 is 16.6 Å². The Bertz CT molecular complexity index is 915. The Morgan fingerprint density at radius 2 is 1.96 bits per heavy atom. The standard InChI is InChI=1S/C18H22FN3O4/c1-9-5-10-6-11(16(24)21-13(10)8-12(9)19)7-14(15(20)23)22-17(25)26-18(2,3)4/h5-6,8,14H,7H2,1-4H3,(H2,20,23)(H,21,24)(H,22,25)/t14-/m0/s1. The van der Waals surface area contributed by atoms with Crippen LogP contribution in [0.1, 0.15) is 31.9 Å². The summed E-state index contributed by atoms with van der Waals surface area (Å²) in [4.78, 5) is 38.3. The second kappa shape index (κ2) is 7.15. The van der Waals surface area contributed by atoms with Crippen LogP contribution in [0, 0.1) is 12.7 Å². The molecule has 0 spiro atoms. The Hall–Kier alpha value is -2.90. The number of halogens is 1. The Labute approximate surface area is 149 Å². The predicted octanol–water partition coefficient (Wildman–Crippen LogP) is 1.90. The normalized spacial score (nSPS) is 12.7. The number of ether oxygens (including phenoxy) is 1. The zero-order valence-electron chi connectivity index (χ0n) is 15.1. The van der Waals surface area contributed by atoms with Gasteiger partial charge in [-0.2, -0.15) is 0 Å². The molecule has 0 fully saturated rings. The quantitative estimate of drug-likeness (QED) is 0.769. The summed E-state index contributed by atoms with van der Waals surface area (Å²) in [6.45, 7) is 6.65. The molecule has 0 saturated heterocycles. The summed E-state index contributed by atoms with van der Waals surface area (Å²) in [5.74, 6) is -1.23. The zero-order chi connectivity index (χ0) is 19.6. The molecule has 1 aromatic heterocycles. The first-order chi connectivity index (χ1) is 12.0. The van der Waals surface area contributed by atoms with E-state index < -0.39 is 35.0 Å². The Kier molecular flexibility index (Phi) is 5.34. The van der Waals surface area contributed by atoms with Gasteiger partial charge in [-0.15, -0.1) is 0 Å². The number of alkyl carbamates (subject to hydrolysis) is 1. The molecule has 1 atom stereocenters. The van der Waals surface area contributed by atoms with Gasteiger partial charge in [0, 0.05) is 12.0 Å². The van der Waals surface area contributed by atoms with E-state index in [1.807, 2.05) is 0 Å². The molecule has 8 heteroatoms. The van der Waals surface area contributed by atoms with Crippen molar-refractivity contribution in [1.29, 1.82) is 0 Å². The molecule has 1 aromatic carbocycles. The first kappa shape index (κ1) is 19.4. The maximum Gasteiger partial charge on any atom is 0.408 e. The third-order valence-corrected chi connectivity index (χ3v) is 3.66. The van der Waals surface area contributed by atoms with E-state index in [0.717, 1.165) is 0 Å². The molecule has 0 aliphatic rings. The van der Waals surface area contributed by atoms with Gasteiger partial charge in [0.15, 0.2) is 0 Å². The van der Waals surface area contributed by atoms with Gasteiger partial charge in [0.2, 0.25) is 5.91 Å². The lowest BCUT2D eigenvalue weighted by Crippen LogP contribution is -2.48. The number of pyridine rings is 1. The van der Waals surface area contributed by atoms with Gasteiger partial charge in [-0.3, -0.25) is 9.59 Å². The number of carbonyl (C=O) groups is 2. The third kappa shape index (κ3) is 4.81. The number of nitrogens with one attached hydrogen (secondary N) is 2. The Morgan fingerprint density at radius 3 is 2.54 bits per heavy atom. The van der Waals surface area contributed by atoms with Crippen molar-refractivity contribution in [3.05, 3.63) is 45.5 Å². The van der Waals surface area contributed by atoms with Gasteiger partial charge in [-0.1, -0.05) is 0 Å². The van der Waals surface area contributed by atoms with Gasteiger partial charge in [0.05, 0.1) is 5.52 Å². The second-order valence-corrected chi connectivity index (χ2v) is 7.12. The average Bonchev–Trinajstić information content (AvgIpc) is 2.47. The number of hydrogen-bond donors (Lipinski definition) is 3. The van der Waals surface area contributed by atoms with E-state index in [1.54, 1.807) is 39.8 Å². The van der Waals surface area contributed by atoms with E-state index >= 15 is 0 Å². The summed E-state index contributed by atoms with van der Waals surface area (Å²) < 4.78 is 18.7. The molecular formula is C18H22FN3O4. The second-order valence-electron chi connectivity index (χ2n) is 7.12. The highest BCUT2D eigenvalue weighted by Gasteiger charge is 2.24. The largest absolute Gasteiger partial charge is 0.444 e. The summed E-state index contributed by atoms with van der Waals surface area (Å²) >= 11 is 0. The van der Waals surface area contributed by atoms with Crippen molar-refractivity contribution in [3.8, 4) is 0 Å². The van der Waals surface area contributed by atoms with Crippen LogP contribution >= 0.6 is 0 Å². The van der Waals surface area contributed by atoms with Gasteiger partial charge < -0.3 is 20.8 Å². The van der Waals surface area contributed by atoms with E-state index in [0.29, 0.717) is 16.5 Å². The van der Waals surface area contributed by atoms with E-state index in [1.165, 1.54) is 6.07 Å². The van der Waals surface area contributed by atoms with Crippen LogP contribution in [0.25, 0.3) is 10.9 Å². The van der Waals surface area contributed by atoms with Crippen LogP contribution in [0.2, 0.25) is 0 Å². The molecular weight excluding hydrogens is 341 g/mol. The minimum atomic E-state index is -1.12. The molecule has 0 unspecified atom stereocenters. The highest BCUT2D eigenvalue weighted by molar-refractivity contribution is 5.85. The van der Waals surface area contributed by atoms with E-state index in [9.17, 15) is 18.8 Å². The number of hydrogen-bond acceptors (Lipinski definition) is 4. The highest BCUT2D eigenvalue weighted by atomic mass is 19.1. The molecule has 1 heterocycles. The fraction of sp³-hybridized carbons (Fsp3) is 0.389. The molecule has 0 radical (unpaired) electrons. The fourth-order valence-electron chi connectivity index (χ4n) is 2.43. The molecule has 0 aliphatic carbocycles. The number of benzene rings is 1. The SMILES string of the molecule is Cc1cc2cc(C[C@H](NC(=O)OC(C)(C)C)C(N)=O)c(=O)[nH]c2cc1F. The number of H-pyrrole nitrogens is 1. The average molecular weight is 363 g/mol. The number of primary amides is 1. The lowest BCUT2D eigenvalue weighted by Gasteiger charge is -2.22. The summed E-state index contributed by atoms with van der Waals surface area (Å²) in [5, 5.41) is 2.98. The Morgan fingerprint density at radius 1 is 1.31 bits per heavy atom. The molecule has 26 heavy (non-hydrogen) atoms. The van der Waals surface area contributed by atoms with Crippen molar-refractivity contribution >= 4 is 22.9 Å². The molecule has 2 rings (SSSR count). The molecule has 0 bridgehead atoms. The molecule has 7 nitrogen and oxygen atoms in total. The molecule has 0 saturated carbocycles. The maximum absolute atomic E-state index is 13.6. The number of carbonyl (C=O) groups excluding carboxylic acids is 2. The molecule has 2 amide bonds. The van der Waals surface area contributed by atoms with Crippen LogP contribution in [-0.4, -0.2) is 28.6 Å². The first-order valence-corrected chi connectivity index (χ1v) is 8.07. The third-order valence-electron chi connectivity index (χ3n) is 3.66. The van der Waals surface area contributed by atoms with Gasteiger partial charge in [0.25, 0.3) is 5.56 Å². The van der Waals surface area contributed by atoms with E-state index in [2.05, 4.69) is 10.3 Å². The van der Waals surface area contributed by atoms with Crippen LogP contribution in [0.4, 0.5) is 9.18 Å². The minimum Gasteiger partial charge on any atom is -0.444 e. The van der Waals surface area contributed by atoms with Gasteiger partial charge in [0.1, 0.15) is 17.5 Å². The summed E-state index contributed by atoms with van der Waals surface area (Å²) in [6.07, 6.45) is -0.924. The van der Waals surface area contributed by atoms with Crippen LogP contribution in [0.15, 0.2) is 23.0 Å². The van der Waals surface area contributed by atoms with E-state index in [4.69, 9.17) is 10.5 Å². The summed E-state index contributed by atoms with van der Waals surface area (Å²) in [6, 6.07) is 3.25. The summed E-state index contributed by atoms with van der Waals surface area (Å²) in [5.41, 5.74) is 5.11. The minimum absolute atomic E-state index is 0.115. The van der Waals surface area contributed by atoms with Crippen molar-refractivity contribution in [3.63, 3.8) is 0 Å². The number of nitrogens with two attached hydrogens (primary N) is 1. The van der Waals surface area contributed by atoms with Crippen molar-refractivity contribution in [2.45, 2.75) is 45.8 Å². The molecule has 4 N–H and O–H groups in total. The predicted molar refractivity (Wildman–Crippen MR) is 95.3 cm³/mol. The number of amides is 2. The monoisotopic (exact) mass is 363 g/mol. The van der Waals surface area contributed by atoms with Gasteiger partial charge in [-0.05, 0) is 56.8 Å². The van der Waals surface area contributed by atoms with Gasteiger partial charge >= 0.3 is 6.09 Å². The number of aryl methyl sites for hydroxylation is 1. The fourth-order valence-corrected chi connectivity index (χ4v) is 2.43. The smallest absolute Gasteiger partial charge is 0.408 e. The van der Waals surface area contributed by atoms with Gasteiger partial charge in [-0.25, -0.2) is 9.18 Å². The maximum atomic E-state index is 13.6.